The summed E-state index contributed by atoms with van der Waals surface area (Å²) in [6.45, 7) is 0.594. The normalized spacial score (nSPS) is 15.3. The predicted octanol–water partition coefficient (Wildman–Crippen LogP) is 3.45. The molecule has 0 saturated carbocycles. The minimum Gasteiger partial charge on any atom is -0.481 e. The molecule has 188 valence electrons. The first-order chi connectivity index (χ1) is 16.5. The Hall–Kier alpha value is -3.60. The summed E-state index contributed by atoms with van der Waals surface area (Å²) < 4.78 is 49.9. The molecular weight excluding hydrogens is 469 g/mol. The van der Waals surface area contributed by atoms with E-state index in [4.69, 9.17) is 14.6 Å². The van der Waals surface area contributed by atoms with Crippen LogP contribution in [0.3, 0.4) is 0 Å². The van der Waals surface area contributed by atoms with Crippen molar-refractivity contribution in [1.82, 2.24) is 10.6 Å². The number of carboxylic acid groups (broad SMARTS) is 1. The number of carbonyl (C=O) groups excluding carboxylic acids is 2. The number of benzene rings is 2. The highest BCUT2D eigenvalue weighted by Crippen LogP contribution is 2.44. The Balaban J connectivity index is 1.71. The number of alkyl halides is 3. The van der Waals surface area contributed by atoms with Gasteiger partial charge >= 0.3 is 18.2 Å². The molecular formula is C24H25F3N2O6. The van der Waals surface area contributed by atoms with Gasteiger partial charge in [0.1, 0.15) is 18.2 Å². The molecule has 0 bridgehead atoms. The molecule has 3 rings (SSSR count). The third-order valence-electron chi connectivity index (χ3n) is 5.73. The van der Waals surface area contributed by atoms with Gasteiger partial charge in [0.05, 0.1) is 13.0 Å². The van der Waals surface area contributed by atoms with Gasteiger partial charge in [-0.1, -0.05) is 48.5 Å². The smallest absolute Gasteiger partial charge is 0.409 e. The Morgan fingerprint density at radius 3 is 2.06 bits per heavy atom. The van der Waals surface area contributed by atoms with E-state index in [1.54, 1.807) is 5.32 Å². The molecule has 2 aromatic carbocycles. The van der Waals surface area contributed by atoms with Crippen LogP contribution in [-0.2, 0) is 19.1 Å². The average Bonchev–Trinajstić information content (AvgIpc) is 3.10. The quantitative estimate of drug-likeness (QED) is 0.492. The van der Waals surface area contributed by atoms with E-state index in [9.17, 15) is 27.6 Å². The van der Waals surface area contributed by atoms with E-state index in [-0.39, 0.29) is 12.5 Å². The Labute approximate surface area is 199 Å². The van der Waals surface area contributed by atoms with Crippen molar-refractivity contribution in [3.05, 3.63) is 59.7 Å². The Morgan fingerprint density at radius 2 is 1.57 bits per heavy atom. The molecule has 3 N–H and O–H groups in total. The second-order valence-corrected chi connectivity index (χ2v) is 8.38. The molecule has 1 aliphatic rings. The van der Waals surface area contributed by atoms with Crippen molar-refractivity contribution in [2.45, 2.75) is 37.0 Å². The number of rotatable bonds is 9. The SMILES string of the molecule is COCC(C)(NC(=O)OCC1c2ccccc2-c2ccccc21)C(=O)NC(CC(=O)O)C(F)(F)F. The summed E-state index contributed by atoms with van der Waals surface area (Å²) in [5.41, 5.74) is 1.98. The van der Waals surface area contributed by atoms with E-state index in [0.717, 1.165) is 29.2 Å². The van der Waals surface area contributed by atoms with Crippen LogP contribution in [0.25, 0.3) is 11.1 Å². The first-order valence-corrected chi connectivity index (χ1v) is 10.7. The number of amides is 2. The van der Waals surface area contributed by atoms with Gasteiger partial charge in [0.25, 0.3) is 0 Å². The molecule has 11 heteroatoms. The minimum atomic E-state index is -5.01. The first kappa shape index (κ1) is 26.0. The van der Waals surface area contributed by atoms with E-state index in [1.807, 2.05) is 48.5 Å². The molecule has 2 unspecified atom stereocenters. The van der Waals surface area contributed by atoms with Gasteiger partial charge in [-0.25, -0.2) is 4.79 Å². The van der Waals surface area contributed by atoms with Crippen molar-refractivity contribution < 1.29 is 42.1 Å². The largest absolute Gasteiger partial charge is 0.481 e. The number of methoxy groups -OCH3 is 1. The van der Waals surface area contributed by atoms with Gasteiger partial charge in [0.2, 0.25) is 5.91 Å². The van der Waals surface area contributed by atoms with Gasteiger partial charge in [-0.15, -0.1) is 0 Å². The van der Waals surface area contributed by atoms with Crippen molar-refractivity contribution in [2.24, 2.45) is 0 Å². The average molecular weight is 494 g/mol. The second kappa shape index (κ2) is 10.3. The Bertz CT molecular complexity index is 1060. The summed E-state index contributed by atoms with van der Waals surface area (Å²) in [4.78, 5) is 36.1. The summed E-state index contributed by atoms with van der Waals surface area (Å²) in [6, 6.07) is 12.7. The number of carboxylic acids is 1. The van der Waals surface area contributed by atoms with E-state index >= 15 is 0 Å². The highest BCUT2D eigenvalue weighted by molar-refractivity contribution is 5.90. The third kappa shape index (κ3) is 5.91. The fourth-order valence-electron chi connectivity index (χ4n) is 4.05. The maximum atomic E-state index is 13.2. The molecule has 1 aliphatic carbocycles. The van der Waals surface area contributed by atoms with Crippen LogP contribution in [0.15, 0.2) is 48.5 Å². The fraction of sp³-hybridized carbons (Fsp3) is 0.375. The van der Waals surface area contributed by atoms with Gasteiger partial charge in [-0.05, 0) is 29.2 Å². The lowest BCUT2D eigenvalue weighted by Crippen LogP contribution is -2.62. The number of hydrogen-bond donors (Lipinski definition) is 3. The molecule has 0 spiro atoms. The van der Waals surface area contributed by atoms with Gasteiger partial charge in [-0.3, -0.25) is 9.59 Å². The highest BCUT2D eigenvalue weighted by Gasteiger charge is 2.46. The number of alkyl carbamates (subject to hydrolysis) is 1. The third-order valence-corrected chi connectivity index (χ3v) is 5.73. The van der Waals surface area contributed by atoms with Crippen molar-refractivity contribution in [3.63, 3.8) is 0 Å². The summed E-state index contributed by atoms with van der Waals surface area (Å²) in [5.74, 6) is -3.28. The molecule has 0 aromatic heterocycles. The maximum absolute atomic E-state index is 13.2. The lowest BCUT2D eigenvalue weighted by Gasteiger charge is -2.31. The Morgan fingerprint density at radius 1 is 1.03 bits per heavy atom. The zero-order valence-corrected chi connectivity index (χ0v) is 19.0. The van der Waals surface area contributed by atoms with Crippen molar-refractivity contribution >= 4 is 18.0 Å². The number of fused-ring (bicyclic) bond motifs is 3. The highest BCUT2D eigenvalue weighted by atomic mass is 19.4. The molecule has 0 radical (unpaired) electrons. The summed E-state index contributed by atoms with van der Waals surface area (Å²) in [6.07, 6.45) is -7.42. The number of nitrogens with one attached hydrogen (secondary N) is 2. The van der Waals surface area contributed by atoms with E-state index < -0.39 is 48.8 Å². The fourth-order valence-corrected chi connectivity index (χ4v) is 4.05. The summed E-state index contributed by atoms with van der Waals surface area (Å²) in [5, 5.41) is 12.7. The van der Waals surface area contributed by atoms with E-state index in [2.05, 4.69) is 5.32 Å². The molecule has 0 fully saturated rings. The van der Waals surface area contributed by atoms with E-state index in [0.29, 0.717) is 0 Å². The van der Waals surface area contributed by atoms with Crippen LogP contribution in [0, 0.1) is 0 Å². The molecule has 2 aromatic rings. The molecule has 0 saturated heterocycles. The molecule has 0 heterocycles. The van der Waals surface area contributed by atoms with Crippen LogP contribution in [0.1, 0.15) is 30.4 Å². The van der Waals surface area contributed by atoms with Crippen LogP contribution < -0.4 is 10.6 Å². The monoisotopic (exact) mass is 494 g/mol. The predicted molar refractivity (Wildman–Crippen MR) is 119 cm³/mol. The summed E-state index contributed by atoms with van der Waals surface area (Å²) in [7, 11) is 1.20. The van der Waals surface area contributed by atoms with Crippen molar-refractivity contribution in [2.75, 3.05) is 20.3 Å². The maximum Gasteiger partial charge on any atom is 0.409 e. The topological polar surface area (TPSA) is 114 Å². The molecule has 35 heavy (non-hydrogen) atoms. The minimum absolute atomic E-state index is 0.0747. The first-order valence-electron chi connectivity index (χ1n) is 10.7. The summed E-state index contributed by atoms with van der Waals surface area (Å²) >= 11 is 0. The number of carbonyl (C=O) groups is 3. The molecule has 2 atom stereocenters. The van der Waals surface area contributed by atoms with Gasteiger partial charge in [0.15, 0.2) is 0 Å². The van der Waals surface area contributed by atoms with E-state index in [1.165, 1.54) is 7.11 Å². The van der Waals surface area contributed by atoms with Gasteiger partial charge in [-0.2, -0.15) is 13.2 Å². The number of ether oxygens (including phenoxy) is 2. The Kier molecular flexibility index (Phi) is 7.69. The lowest BCUT2D eigenvalue weighted by molar-refractivity contribution is -0.171. The van der Waals surface area contributed by atoms with Crippen LogP contribution in [0.4, 0.5) is 18.0 Å². The molecule has 0 aliphatic heterocycles. The number of halogens is 3. The van der Waals surface area contributed by atoms with Crippen molar-refractivity contribution in [1.29, 1.82) is 0 Å². The number of aliphatic carboxylic acids is 1. The standard InChI is InChI=1S/C24H25F3N2O6/c1-23(13-34-2,21(32)28-19(11-20(30)31)24(25,26)27)29-22(33)35-12-18-16-9-5-3-7-14(16)15-8-4-6-10-17(15)18/h3-10,18-19H,11-13H2,1-2H3,(H,28,32)(H,29,33)(H,30,31). The van der Waals surface area contributed by atoms with Crippen LogP contribution in [-0.4, -0.2) is 61.2 Å². The van der Waals surface area contributed by atoms with Crippen molar-refractivity contribution in [3.8, 4) is 11.1 Å². The zero-order chi connectivity index (χ0) is 25.8. The molecule has 8 nitrogen and oxygen atoms in total. The van der Waals surface area contributed by atoms with Crippen LogP contribution >= 0.6 is 0 Å². The molecule has 2 amide bonds. The van der Waals surface area contributed by atoms with Gasteiger partial charge < -0.3 is 25.2 Å². The zero-order valence-electron chi connectivity index (χ0n) is 19.0. The lowest BCUT2D eigenvalue weighted by atomic mass is 9.98. The second-order valence-electron chi connectivity index (χ2n) is 8.38. The van der Waals surface area contributed by atoms with Crippen LogP contribution in [0.5, 0.6) is 0 Å². The van der Waals surface area contributed by atoms with Gasteiger partial charge in [0, 0.05) is 13.0 Å². The van der Waals surface area contributed by atoms with Crippen LogP contribution in [0.2, 0.25) is 0 Å². The number of hydrogen-bond acceptors (Lipinski definition) is 5.